The predicted octanol–water partition coefficient (Wildman–Crippen LogP) is 3.58. The molecule has 0 fully saturated rings. The predicted molar refractivity (Wildman–Crippen MR) is 114 cm³/mol. The van der Waals surface area contributed by atoms with Gasteiger partial charge in [-0.1, -0.05) is 19.9 Å². The minimum atomic E-state index is 0.244. The van der Waals surface area contributed by atoms with Crippen molar-refractivity contribution in [2.75, 3.05) is 27.2 Å². The van der Waals surface area contributed by atoms with Crippen LogP contribution in [0.5, 0.6) is 0 Å². The van der Waals surface area contributed by atoms with Crippen molar-refractivity contribution in [1.29, 1.82) is 0 Å². The summed E-state index contributed by atoms with van der Waals surface area (Å²) in [6.45, 7) is 7.76. The Kier molecular flexibility index (Phi) is 6.34. The summed E-state index contributed by atoms with van der Waals surface area (Å²) in [5.74, 6) is 0. The number of hydrogen-bond acceptors (Lipinski definition) is 4. The first-order valence-electron chi connectivity index (χ1n) is 10.0. The van der Waals surface area contributed by atoms with Gasteiger partial charge in [-0.3, -0.25) is 10.2 Å². The number of nitrogens with one attached hydrogen (secondary N) is 1. The average molecular weight is 368 g/mol. The van der Waals surface area contributed by atoms with Crippen LogP contribution in [0.4, 0.5) is 0 Å². The largest absolute Gasteiger partial charge is 0.361 e. The molecule has 1 aliphatic rings. The molecule has 3 heterocycles. The molecule has 0 bridgehead atoms. The van der Waals surface area contributed by atoms with Crippen LogP contribution in [-0.2, 0) is 13.6 Å². The molecule has 1 atom stereocenters. The van der Waals surface area contributed by atoms with Gasteiger partial charge >= 0.3 is 0 Å². The Bertz CT molecular complexity index is 827. The number of pyridine rings is 1. The third-order valence-corrected chi connectivity index (χ3v) is 5.34. The minimum absolute atomic E-state index is 0.244. The van der Waals surface area contributed by atoms with E-state index in [0.717, 1.165) is 25.3 Å². The second-order valence-electron chi connectivity index (χ2n) is 7.41. The Morgan fingerprint density at radius 2 is 1.93 bits per heavy atom. The molecular weight excluding hydrogens is 334 g/mol. The first kappa shape index (κ1) is 19.6. The lowest BCUT2D eigenvalue weighted by atomic mass is 10.0. The Balaban J connectivity index is 1.96. The molecule has 0 spiro atoms. The van der Waals surface area contributed by atoms with Crippen molar-refractivity contribution in [3.05, 3.63) is 47.9 Å². The molecule has 1 aliphatic heterocycles. The van der Waals surface area contributed by atoms with Crippen molar-refractivity contribution < 1.29 is 0 Å². The number of hydrogen-bond donors (Lipinski definition) is 1. The van der Waals surface area contributed by atoms with Crippen molar-refractivity contribution in [2.45, 2.75) is 39.4 Å². The maximum absolute atomic E-state index is 4.67. The lowest BCUT2D eigenvalue weighted by molar-refractivity contribution is 0.261. The average Bonchev–Trinajstić information content (AvgIpc) is 2.98. The maximum Gasteiger partial charge on any atom is 0.140 e. The van der Waals surface area contributed by atoms with E-state index in [4.69, 9.17) is 0 Å². The number of aromatic nitrogens is 2. The van der Waals surface area contributed by atoms with Crippen molar-refractivity contribution in [3.8, 4) is 0 Å². The summed E-state index contributed by atoms with van der Waals surface area (Å²) in [7, 11) is 6.22. The Labute approximate surface area is 163 Å². The van der Waals surface area contributed by atoms with Crippen molar-refractivity contribution in [3.63, 3.8) is 0 Å². The van der Waals surface area contributed by atoms with Gasteiger partial charge in [0.25, 0.3) is 0 Å². The van der Waals surface area contributed by atoms with Crippen LogP contribution in [-0.4, -0.2) is 52.7 Å². The fourth-order valence-electron chi connectivity index (χ4n) is 3.94. The first-order chi connectivity index (χ1) is 13.1. The summed E-state index contributed by atoms with van der Waals surface area (Å²) < 4.78 is 2.25. The second-order valence-corrected chi connectivity index (χ2v) is 7.41. The van der Waals surface area contributed by atoms with Gasteiger partial charge in [0.2, 0.25) is 0 Å². The van der Waals surface area contributed by atoms with E-state index in [1.54, 1.807) is 0 Å². The maximum atomic E-state index is 4.67. The number of aryl methyl sites for hydroxylation is 1. The second kappa shape index (κ2) is 8.72. The summed E-state index contributed by atoms with van der Waals surface area (Å²) in [6.07, 6.45) is 11.2. The normalized spacial score (nSPS) is 17.2. The molecule has 0 saturated heterocycles. The molecule has 1 unspecified atom stereocenters. The van der Waals surface area contributed by atoms with Crippen LogP contribution in [0.15, 0.2) is 36.7 Å². The fraction of sp³-hybridized carbons (Fsp3) is 0.500. The van der Waals surface area contributed by atoms with Gasteiger partial charge in [-0.05, 0) is 62.3 Å². The molecule has 5 heteroatoms. The lowest BCUT2D eigenvalue weighted by Crippen LogP contribution is -2.38. The molecular formula is C22H33N5. The van der Waals surface area contributed by atoms with Crippen LogP contribution in [0.1, 0.15) is 37.9 Å². The van der Waals surface area contributed by atoms with E-state index in [9.17, 15) is 0 Å². The zero-order valence-electron chi connectivity index (χ0n) is 17.4. The van der Waals surface area contributed by atoms with E-state index >= 15 is 0 Å². The van der Waals surface area contributed by atoms with Crippen LogP contribution in [0.2, 0.25) is 0 Å². The van der Waals surface area contributed by atoms with E-state index in [0.29, 0.717) is 0 Å². The standard InChI is InChI=1S/C22H33N5/c1-6-12-27(13-7-2)16-18-14-20-19(10-11-24-22(20)26(18)5)17-8-9-21(23-3)25(4)15-17/h8-11,14-15,21,23H,6-7,12-13,16H2,1-5H3. The van der Waals surface area contributed by atoms with E-state index in [1.807, 2.05) is 13.2 Å². The highest BCUT2D eigenvalue weighted by molar-refractivity contribution is 5.93. The highest BCUT2D eigenvalue weighted by Gasteiger charge is 2.17. The van der Waals surface area contributed by atoms with Gasteiger partial charge in [-0.15, -0.1) is 0 Å². The molecule has 27 heavy (non-hydrogen) atoms. The summed E-state index contributed by atoms with van der Waals surface area (Å²) >= 11 is 0. The van der Waals surface area contributed by atoms with E-state index < -0.39 is 0 Å². The molecule has 2 aromatic heterocycles. The molecule has 0 aliphatic carbocycles. The van der Waals surface area contributed by atoms with E-state index in [-0.39, 0.29) is 6.17 Å². The molecule has 0 aromatic carbocycles. The fourth-order valence-corrected chi connectivity index (χ4v) is 3.94. The third kappa shape index (κ3) is 4.09. The quantitative estimate of drug-likeness (QED) is 0.774. The first-order valence-corrected chi connectivity index (χ1v) is 10.0. The van der Waals surface area contributed by atoms with Crippen LogP contribution < -0.4 is 5.32 Å². The van der Waals surface area contributed by atoms with Gasteiger partial charge in [0.05, 0.1) is 6.17 Å². The van der Waals surface area contributed by atoms with E-state index in [1.165, 1.54) is 35.1 Å². The zero-order chi connectivity index (χ0) is 19.4. The van der Waals surface area contributed by atoms with Crippen LogP contribution in [0.3, 0.4) is 0 Å². The highest BCUT2D eigenvalue weighted by Crippen LogP contribution is 2.29. The van der Waals surface area contributed by atoms with Gasteiger partial charge in [-0.2, -0.15) is 0 Å². The monoisotopic (exact) mass is 367 g/mol. The summed E-state index contributed by atoms with van der Waals surface area (Å²) in [6, 6.07) is 4.46. The molecule has 146 valence electrons. The number of likely N-dealkylation sites (N-methyl/N-ethyl adjacent to an activating group) is 2. The number of rotatable bonds is 8. The van der Waals surface area contributed by atoms with Crippen LogP contribution in [0, 0.1) is 0 Å². The van der Waals surface area contributed by atoms with E-state index in [2.05, 4.69) is 83.1 Å². The topological polar surface area (TPSA) is 36.3 Å². The Morgan fingerprint density at radius 3 is 2.56 bits per heavy atom. The smallest absolute Gasteiger partial charge is 0.140 e. The van der Waals surface area contributed by atoms with Gasteiger partial charge < -0.3 is 9.47 Å². The Hall–Kier alpha value is -2.11. The van der Waals surface area contributed by atoms with Gasteiger partial charge in [-0.25, -0.2) is 4.98 Å². The van der Waals surface area contributed by atoms with Crippen LogP contribution >= 0.6 is 0 Å². The molecule has 1 N–H and O–H groups in total. The molecule has 3 rings (SSSR count). The van der Waals surface area contributed by atoms with Gasteiger partial charge in [0.15, 0.2) is 0 Å². The van der Waals surface area contributed by atoms with Gasteiger partial charge in [0.1, 0.15) is 5.65 Å². The summed E-state index contributed by atoms with van der Waals surface area (Å²) in [5.41, 5.74) is 4.86. The number of fused-ring (bicyclic) bond motifs is 1. The molecule has 2 aromatic rings. The minimum Gasteiger partial charge on any atom is -0.361 e. The highest BCUT2D eigenvalue weighted by atomic mass is 15.2. The summed E-state index contributed by atoms with van der Waals surface area (Å²) in [5, 5.41) is 4.53. The number of nitrogens with zero attached hydrogens (tertiary/aromatic N) is 4. The lowest BCUT2D eigenvalue weighted by Gasteiger charge is -2.28. The molecule has 0 radical (unpaired) electrons. The molecule has 0 saturated carbocycles. The van der Waals surface area contributed by atoms with Crippen molar-refractivity contribution in [2.24, 2.45) is 7.05 Å². The Morgan fingerprint density at radius 1 is 1.19 bits per heavy atom. The van der Waals surface area contributed by atoms with Crippen LogP contribution in [0.25, 0.3) is 16.6 Å². The summed E-state index contributed by atoms with van der Waals surface area (Å²) in [4.78, 5) is 9.42. The zero-order valence-corrected chi connectivity index (χ0v) is 17.4. The third-order valence-electron chi connectivity index (χ3n) is 5.34. The van der Waals surface area contributed by atoms with Crippen molar-refractivity contribution >= 4 is 16.6 Å². The van der Waals surface area contributed by atoms with Gasteiger partial charge in [0, 0.05) is 44.1 Å². The van der Waals surface area contributed by atoms with Crippen molar-refractivity contribution in [1.82, 2.24) is 24.7 Å². The molecule has 0 amide bonds. The SMILES string of the molecule is CCCN(CCC)Cc1cc2c(C3=CN(C)C(NC)C=C3)ccnc2n1C. The number of allylic oxidation sites excluding steroid dienone is 2. The molecule has 5 nitrogen and oxygen atoms in total.